The van der Waals surface area contributed by atoms with Crippen molar-refractivity contribution < 1.29 is 14.3 Å². The molecule has 0 aromatic carbocycles. The minimum atomic E-state index is -0.346. The van der Waals surface area contributed by atoms with Gasteiger partial charge in [-0.1, -0.05) is 0 Å². The minimum absolute atomic E-state index is 0.150. The molecule has 0 bridgehead atoms. The molecule has 22 heavy (non-hydrogen) atoms. The Labute approximate surface area is 133 Å². The molecule has 3 saturated heterocycles. The fourth-order valence-electron chi connectivity index (χ4n) is 3.94. The van der Waals surface area contributed by atoms with Gasteiger partial charge in [0.1, 0.15) is 6.10 Å². The molecule has 5 nitrogen and oxygen atoms in total. The monoisotopic (exact) mass is 310 g/mol. The van der Waals surface area contributed by atoms with E-state index in [0.29, 0.717) is 12.0 Å². The molecular formula is C17H30N2O3. The van der Waals surface area contributed by atoms with Crippen molar-refractivity contribution in [2.45, 2.75) is 57.7 Å². The SMILES string of the molecule is CC(OCC1CCCCO1)C(=O)N1CCC2(CCNC2)CC1. The number of rotatable bonds is 4. The van der Waals surface area contributed by atoms with Gasteiger partial charge in [0, 0.05) is 26.2 Å². The average Bonchev–Trinajstić information content (AvgIpc) is 3.02. The van der Waals surface area contributed by atoms with Crippen LogP contribution in [-0.2, 0) is 14.3 Å². The summed E-state index contributed by atoms with van der Waals surface area (Å²) < 4.78 is 11.4. The molecule has 3 heterocycles. The Morgan fingerprint density at radius 2 is 2.18 bits per heavy atom. The van der Waals surface area contributed by atoms with Crippen LogP contribution in [0.25, 0.3) is 0 Å². The fourth-order valence-corrected chi connectivity index (χ4v) is 3.94. The summed E-state index contributed by atoms with van der Waals surface area (Å²) in [5.74, 6) is 0.150. The quantitative estimate of drug-likeness (QED) is 0.856. The van der Waals surface area contributed by atoms with E-state index in [0.717, 1.165) is 58.5 Å². The van der Waals surface area contributed by atoms with Crippen LogP contribution in [-0.4, -0.2) is 62.4 Å². The zero-order valence-corrected chi connectivity index (χ0v) is 13.8. The highest BCUT2D eigenvalue weighted by atomic mass is 16.5. The van der Waals surface area contributed by atoms with Crippen LogP contribution in [0.4, 0.5) is 0 Å². The van der Waals surface area contributed by atoms with Crippen molar-refractivity contribution in [3.8, 4) is 0 Å². The highest BCUT2D eigenvalue weighted by Gasteiger charge is 2.38. The van der Waals surface area contributed by atoms with Gasteiger partial charge in [0.15, 0.2) is 0 Å². The molecule has 0 aromatic rings. The molecule has 0 aliphatic carbocycles. The summed E-state index contributed by atoms with van der Waals surface area (Å²) in [6, 6.07) is 0. The molecular weight excluding hydrogens is 280 g/mol. The van der Waals surface area contributed by atoms with Crippen LogP contribution >= 0.6 is 0 Å². The van der Waals surface area contributed by atoms with Crippen molar-refractivity contribution in [2.75, 3.05) is 39.4 Å². The van der Waals surface area contributed by atoms with E-state index >= 15 is 0 Å². The van der Waals surface area contributed by atoms with E-state index in [4.69, 9.17) is 9.47 Å². The molecule has 2 atom stereocenters. The number of carbonyl (C=O) groups excluding carboxylic acids is 1. The van der Waals surface area contributed by atoms with E-state index in [2.05, 4.69) is 5.32 Å². The Balaban J connectivity index is 1.41. The van der Waals surface area contributed by atoms with E-state index in [-0.39, 0.29) is 18.1 Å². The second-order valence-corrected chi connectivity index (χ2v) is 7.22. The van der Waals surface area contributed by atoms with Crippen molar-refractivity contribution >= 4 is 5.91 Å². The van der Waals surface area contributed by atoms with Gasteiger partial charge in [-0.2, -0.15) is 0 Å². The Morgan fingerprint density at radius 3 is 2.82 bits per heavy atom. The maximum absolute atomic E-state index is 12.5. The Kier molecular flexibility index (Phi) is 5.37. The molecule has 0 aromatic heterocycles. The zero-order valence-electron chi connectivity index (χ0n) is 13.8. The third-order valence-electron chi connectivity index (χ3n) is 5.62. The summed E-state index contributed by atoms with van der Waals surface area (Å²) >= 11 is 0. The lowest BCUT2D eigenvalue weighted by Gasteiger charge is -2.39. The number of piperidine rings is 1. The van der Waals surface area contributed by atoms with Gasteiger partial charge in [-0.3, -0.25) is 4.79 Å². The van der Waals surface area contributed by atoms with E-state index in [1.165, 1.54) is 12.8 Å². The van der Waals surface area contributed by atoms with Crippen molar-refractivity contribution in [2.24, 2.45) is 5.41 Å². The van der Waals surface area contributed by atoms with Crippen LogP contribution in [0, 0.1) is 5.41 Å². The van der Waals surface area contributed by atoms with Crippen molar-refractivity contribution in [3.05, 3.63) is 0 Å². The molecule has 3 aliphatic rings. The van der Waals surface area contributed by atoms with Crippen LogP contribution in [0.1, 0.15) is 45.4 Å². The van der Waals surface area contributed by atoms with Crippen LogP contribution < -0.4 is 5.32 Å². The molecule has 3 aliphatic heterocycles. The van der Waals surface area contributed by atoms with Crippen molar-refractivity contribution in [1.82, 2.24) is 10.2 Å². The van der Waals surface area contributed by atoms with Crippen molar-refractivity contribution in [1.29, 1.82) is 0 Å². The lowest BCUT2D eigenvalue weighted by molar-refractivity contribution is -0.148. The van der Waals surface area contributed by atoms with E-state index in [9.17, 15) is 4.79 Å². The summed E-state index contributed by atoms with van der Waals surface area (Å²) in [6.45, 7) is 7.29. The van der Waals surface area contributed by atoms with Crippen LogP contribution in [0.2, 0.25) is 0 Å². The zero-order chi connectivity index (χ0) is 15.4. The first kappa shape index (κ1) is 16.2. The van der Waals surface area contributed by atoms with E-state index < -0.39 is 0 Å². The second-order valence-electron chi connectivity index (χ2n) is 7.22. The summed E-state index contributed by atoms with van der Waals surface area (Å²) in [5.41, 5.74) is 0.455. The summed E-state index contributed by atoms with van der Waals surface area (Å²) in [4.78, 5) is 14.5. The summed E-state index contributed by atoms with van der Waals surface area (Å²) in [7, 11) is 0. The normalized spacial score (nSPS) is 29.7. The predicted molar refractivity (Wildman–Crippen MR) is 84.7 cm³/mol. The van der Waals surface area contributed by atoms with Gasteiger partial charge in [0.05, 0.1) is 12.7 Å². The molecule has 1 N–H and O–H groups in total. The van der Waals surface area contributed by atoms with Gasteiger partial charge in [-0.15, -0.1) is 0 Å². The third kappa shape index (κ3) is 3.81. The first-order valence-corrected chi connectivity index (χ1v) is 8.91. The third-order valence-corrected chi connectivity index (χ3v) is 5.62. The molecule has 0 radical (unpaired) electrons. The largest absolute Gasteiger partial charge is 0.376 e. The number of hydrogen-bond acceptors (Lipinski definition) is 4. The first-order chi connectivity index (χ1) is 10.7. The van der Waals surface area contributed by atoms with E-state index in [1.807, 2.05) is 11.8 Å². The van der Waals surface area contributed by atoms with Gasteiger partial charge in [-0.05, 0) is 57.4 Å². The number of likely N-dealkylation sites (tertiary alicyclic amines) is 1. The molecule has 126 valence electrons. The lowest BCUT2D eigenvalue weighted by Crippen LogP contribution is -2.47. The van der Waals surface area contributed by atoms with E-state index in [1.54, 1.807) is 0 Å². The maximum atomic E-state index is 12.5. The highest BCUT2D eigenvalue weighted by Crippen LogP contribution is 2.37. The van der Waals surface area contributed by atoms with Gasteiger partial charge in [-0.25, -0.2) is 0 Å². The number of amides is 1. The molecule has 0 saturated carbocycles. The van der Waals surface area contributed by atoms with Crippen LogP contribution in [0.15, 0.2) is 0 Å². The fraction of sp³-hybridized carbons (Fsp3) is 0.941. The summed E-state index contributed by atoms with van der Waals surface area (Å²) in [6.07, 6.45) is 6.77. The van der Waals surface area contributed by atoms with Crippen LogP contribution in [0.5, 0.6) is 0 Å². The molecule has 2 unspecified atom stereocenters. The summed E-state index contributed by atoms with van der Waals surface area (Å²) in [5, 5.41) is 3.46. The smallest absolute Gasteiger partial charge is 0.251 e. The topological polar surface area (TPSA) is 50.8 Å². The number of ether oxygens (including phenoxy) is 2. The number of nitrogens with zero attached hydrogens (tertiary/aromatic N) is 1. The molecule has 5 heteroatoms. The number of carbonyl (C=O) groups is 1. The van der Waals surface area contributed by atoms with Gasteiger partial charge < -0.3 is 19.7 Å². The Morgan fingerprint density at radius 1 is 1.36 bits per heavy atom. The van der Waals surface area contributed by atoms with Gasteiger partial charge in [0.25, 0.3) is 5.91 Å². The Bertz CT molecular complexity index is 366. The lowest BCUT2D eigenvalue weighted by atomic mass is 9.78. The van der Waals surface area contributed by atoms with Gasteiger partial charge in [0.2, 0.25) is 0 Å². The predicted octanol–water partition coefficient (Wildman–Crippen LogP) is 1.56. The highest BCUT2D eigenvalue weighted by molar-refractivity contribution is 5.80. The molecule has 3 fully saturated rings. The minimum Gasteiger partial charge on any atom is -0.376 e. The molecule has 1 amide bonds. The molecule has 1 spiro atoms. The standard InChI is InChI=1S/C17H30N2O3/c1-14(22-12-15-4-2-3-11-21-15)16(20)19-9-6-17(7-10-19)5-8-18-13-17/h14-15,18H,2-13H2,1H3. The maximum Gasteiger partial charge on any atom is 0.251 e. The first-order valence-electron chi connectivity index (χ1n) is 8.91. The number of hydrogen-bond donors (Lipinski definition) is 1. The molecule has 3 rings (SSSR count). The number of nitrogens with one attached hydrogen (secondary N) is 1. The Hall–Kier alpha value is -0.650. The second kappa shape index (κ2) is 7.28. The van der Waals surface area contributed by atoms with Gasteiger partial charge >= 0.3 is 0 Å². The van der Waals surface area contributed by atoms with Crippen molar-refractivity contribution in [3.63, 3.8) is 0 Å². The van der Waals surface area contributed by atoms with Crippen LogP contribution in [0.3, 0.4) is 0 Å². The average molecular weight is 310 g/mol.